The molecule has 1 aromatic heterocycles. The van der Waals surface area contributed by atoms with Crippen molar-refractivity contribution in [3.8, 4) is 0 Å². The smallest absolute Gasteiger partial charge is 0.248 e. The van der Waals surface area contributed by atoms with Crippen molar-refractivity contribution < 1.29 is 14.3 Å². The fraction of sp³-hybridized carbons (Fsp3) is 0.684. The number of rotatable bonds is 6. The van der Waals surface area contributed by atoms with Gasteiger partial charge in [0.25, 0.3) is 0 Å². The summed E-state index contributed by atoms with van der Waals surface area (Å²) in [5.41, 5.74) is 1.08. The van der Waals surface area contributed by atoms with Gasteiger partial charge in [0.15, 0.2) is 0 Å². The average Bonchev–Trinajstić information content (AvgIpc) is 2.62. The summed E-state index contributed by atoms with van der Waals surface area (Å²) in [7, 11) is 3.51. The molecule has 0 aromatic carbocycles. The minimum absolute atomic E-state index is 0.00540. The van der Waals surface area contributed by atoms with Crippen LogP contribution in [0.3, 0.4) is 0 Å². The molecule has 6 heteroatoms. The molecule has 0 saturated carbocycles. The zero-order valence-electron chi connectivity index (χ0n) is 15.3. The number of hydrogen-bond acceptors (Lipinski definition) is 5. The molecule has 0 radical (unpaired) electrons. The van der Waals surface area contributed by atoms with Crippen LogP contribution in [0.4, 0.5) is 0 Å². The van der Waals surface area contributed by atoms with Crippen molar-refractivity contribution in [2.45, 2.75) is 31.9 Å². The topological polar surface area (TPSA) is 54.9 Å². The Morgan fingerprint density at radius 2 is 2.36 bits per heavy atom. The van der Waals surface area contributed by atoms with E-state index < -0.39 is 0 Å². The number of pyridine rings is 1. The molecule has 3 rings (SSSR count). The highest BCUT2D eigenvalue weighted by Gasteiger charge is 2.46. The summed E-state index contributed by atoms with van der Waals surface area (Å²) in [6.07, 6.45) is 5.23. The lowest BCUT2D eigenvalue weighted by molar-refractivity contribution is -0.160. The second kappa shape index (κ2) is 8.25. The Hall–Kier alpha value is -1.50. The molecule has 2 atom stereocenters. The van der Waals surface area contributed by atoms with E-state index in [2.05, 4.69) is 16.0 Å². The molecule has 0 aliphatic carbocycles. The van der Waals surface area contributed by atoms with Gasteiger partial charge in [-0.2, -0.15) is 0 Å². The molecule has 6 nitrogen and oxygen atoms in total. The Balaban J connectivity index is 1.63. The number of nitrogens with zero attached hydrogens (tertiary/aromatic N) is 3. The third-order valence-corrected chi connectivity index (χ3v) is 5.29. The number of hydrogen-bond donors (Lipinski definition) is 0. The maximum Gasteiger partial charge on any atom is 0.248 e. The number of amides is 1. The number of likely N-dealkylation sites (tertiary alicyclic amines) is 1. The van der Waals surface area contributed by atoms with Crippen LogP contribution in [0.25, 0.3) is 0 Å². The highest BCUT2D eigenvalue weighted by atomic mass is 16.5. The number of carbonyl (C=O) groups excluding carboxylic acids is 1. The Labute approximate surface area is 150 Å². The maximum absolute atomic E-state index is 11.8. The van der Waals surface area contributed by atoms with Gasteiger partial charge >= 0.3 is 0 Å². The number of likely N-dealkylation sites (N-methyl/N-ethyl adjacent to an activating group) is 1. The number of fused-ring (bicyclic) bond motifs is 1. The van der Waals surface area contributed by atoms with E-state index in [1.807, 2.05) is 18.3 Å². The molecular weight excluding hydrogens is 318 g/mol. The van der Waals surface area contributed by atoms with Gasteiger partial charge in [0.1, 0.15) is 6.61 Å². The molecule has 2 aliphatic rings. The zero-order valence-corrected chi connectivity index (χ0v) is 15.3. The van der Waals surface area contributed by atoms with E-state index in [1.165, 1.54) is 0 Å². The van der Waals surface area contributed by atoms with E-state index in [4.69, 9.17) is 9.47 Å². The van der Waals surface area contributed by atoms with Crippen molar-refractivity contribution in [1.29, 1.82) is 0 Å². The van der Waals surface area contributed by atoms with Crippen molar-refractivity contribution >= 4 is 5.91 Å². The highest BCUT2D eigenvalue weighted by molar-refractivity contribution is 5.76. The van der Waals surface area contributed by atoms with E-state index in [1.54, 1.807) is 19.0 Å². The minimum Gasteiger partial charge on any atom is -0.377 e. The lowest BCUT2D eigenvalue weighted by Crippen LogP contribution is -2.56. The van der Waals surface area contributed by atoms with Gasteiger partial charge in [0, 0.05) is 51.9 Å². The van der Waals surface area contributed by atoms with Gasteiger partial charge < -0.3 is 14.4 Å². The highest BCUT2D eigenvalue weighted by Crippen LogP contribution is 2.40. The van der Waals surface area contributed by atoms with Gasteiger partial charge in [0.2, 0.25) is 5.91 Å². The molecule has 138 valence electrons. The van der Waals surface area contributed by atoms with Crippen LogP contribution in [0.2, 0.25) is 0 Å². The fourth-order valence-electron chi connectivity index (χ4n) is 3.92. The number of piperidine rings is 1. The predicted molar refractivity (Wildman–Crippen MR) is 95.1 cm³/mol. The van der Waals surface area contributed by atoms with Crippen LogP contribution >= 0.6 is 0 Å². The van der Waals surface area contributed by atoms with Crippen LogP contribution in [-0.4, -0.2) is 73.8 Å². The van der Waals surface area contributed by atoms with Crippen LogP contribution in [0.1, 0.15) is 25.0 Å². The summed E-state index contributed by atoms with van der Waals surface area (Å²) in [4.78, 5) is 20.3. The quantitative estimate of drug-likeness (QED) is 0.782. The molecule has 0 unspecified atom stereocenters. The van der Waals surface area contributed by atoms with Gasteiger partial charge in [0.05, 0.1) is 18.4 Å². The molecule has 0 N–H and O–H groups in total. The molecule has 25 heavy (non-hydrogen) atoms. The van der Waals surface area contributed by atoms with Crippen molar-refractivity contribution in [1.82, 2.24) is 14.8 Å². The van der Waals surface area contributed by atoms with E-state index in [0.29, 0.717) is 6.61 Å². The normalized spacial score (nSPS) is 26.9. The summed E-state index contributed by atoms with van der Waals surface area (Å²) in [5, 5.41) is 0. The van der Waals surface area contributed by atoms with Crippen molar-refractivity contribution in [2.24, 2.45) is 5.41 Å². The van der Waals surface area contributed by atoms with Crippen LogP contribution < -0.4 is 0 Å². The first-order chi connectivity index (χ1) is 12.1. The standard InChI is InChI=1S/C19H29N3O3/c1-21(2)18(23)13-24-15-19-8-5-11-25-17(19)7-10-22(14-19)12-16-6-3-4-9-20-16/h3-4,6,9,17H,5,7-8,10-15H2,1-2H3/t17-,19+/m1/s1. The molecule has 0 spiro atoms. The lowest BCUT2D eigenvalue weighted by Gasteiger charge is -2.50. The Morgan fingerprint density at radius 3 is 3.12 bits per heavy atom. The van der Waals surface area contributed by atoms with Crippen LogP contribution in [0.5, 0.6) is 0 Å². The van der Waals surface area contributed by atoms with Crippen molar-refractivity contribution in [2.75, 3.05) is 47.0 Å². The van der Waals surface area contributed by atoms with Gasteiger partial charge in [-0.1, -0.05) is 6.07 Å². The van der Waals surface area contributed by atoms with Gasteiger partial charge in [-0.3, -0.25) is 14.7 Å². The predicted octanol–water partition coefficient (Wildman–Crippen LogP) is 1.56. The third-order valence-electron chi connectivity index (χ3n) is 5.29. The van der Waals surface area contributed by atoms with Crippen LogP contribution in [-0.2, 0) is 20.8 Å². The summed E-state index contributed by atoms with van der Waals surface area (Å²) < 4.78 is 11.9. The first-order valence-electron chi connectivity index (χ1n) is 9.11. The first kappa shape index (κ1) is 18.3. The summed E-state index contributed by atoms with van der Waals surface area (Å²) in [5.74, 6) is 0.00540. The summed E-state index contributed by atoms with van der Waals surface area (Å²) >= 11 is 0. The van der Waals surface area contributed by atoms with E-state index in [-0.39, 0.29) is 24.0 Å². The van der Waals surface area contributed by atoms with E-state index >= 15 is 0 Å². The summed E-state index contributed by atoms with van der Waals surface area (Å²) in [6, 6.07) is 6.05. The largest absolute Gasteiger partial charge is 0.377 e. The molecule has 2 saturated heterocycles. The van der Waals surface area contributed by atoms with Crippen molar-refractivity contribution in [3.05, 3.63) is 30.1 Å². The molecule has 2 fully saturated rings. The van der Waals surface area contributed by atoms with Gasteiger partial charge in [-0.15, -0.1) is 0 Å². The molecular formula is C19H29N3O3. The van der Waals surface area contributed by atoms with Crippen LogP contribution in [0, 0.1) is 5.41 Å². The van der Waals surface area contributed by atoms with Gasteiger partial charge in [-0.25, -0.2) is 0 Å². The molecule has 3 heterocycles. The van der Waals surface area contributed by atoms with E-state index in [0.717, 1.165) is 51.2 Å². The molecule has 2 aliphatic heterocycles. The third kappa shape index (κ3) is 4.57. The average molecular weight is 347 g/mol. The lowest BCUT2D eigenvalue weighted by atomic mass is 9.73. The number of ether oxygens (including phenoxy) is 2. The Bertz CT molecular complexity index is 566. The second-order valence-electron chi connectivity index (χ2n) is 7.43. The number of carbonyl (C=O) groups is 1. The molecule has 1 aromatic rings. The SMILES string of the molecule is CN(C)C(=O)COC[C@@]12CCCO[C@@H]1CCN(Cc1ccccn1)C2. The second-order valence-corrected chi connectivity index (χ2v) is 7.43. The monoisotopic (exact) mass is 347 g/mol. The fourth-order valence-corrected chi connectivity index (χ4v) is 3.92. The van der Waals surface area contributed by atoms with E-state index in [9.17, 15) is 4.79 Å². The molecule has 1 amide bonds. The summed E-state index contributed by atoms with van der Waals surface area (Å²) in [6.45, 7) is 4.36. The maximum atomic E-state index is 11.8. The molecule has 0 bridgehead atoms. The zero-order chi connectivity index (χ0) is 17.7. The number of aromatic nitrogens is 1. The van der Waals surface area contributed by atoms with Crippen LogP contribution in [0.15, 0.2) is 24.4 Å². The first-order valence-corrected chi connectivity index (χ1v) is 9.11. The minimum atomic E-state index is -0.0160. The Morgan fingerprint density at radius 1 is 1.48 bits per heavy atom. The Kier molecular flexibility index (Phi) is 6.04. The van der Waals surface area contributed by atoms with Gasteiger partial charge in [-0.05, 0) is 31.4 Å². The van der Waals surface area contributed by atoms with Crippen molar-refractivity contribution in [3.63, 3.8) is 0 Å².